The van der Waals surface area contributed by atoms with Gasteiger partial charge in [-0.3, -0.25) is 9.78 Å². The summed E-state index contributed by atoms with van der Waals surface area (Å²) in [6.07, 6.45) is 6.06. The Kier molecular flexibility index (Phi) is 4.75. The van der Waals surface area contributed by atoms with Crippen molar-refractivity contribution in [3.05, 3.63) is 83.8 Å². The predicted octanol–water partition coefficient (Wildman–Crippen LogP) is 3.85. The van der Waals surface area contributed by atoms with Crippen LogP contribution in [0.3, 0.4) is 0 Å². The molecule has 5 nitrogen and oxygen atoms in total. The van der Waals surface area contributed by atoms with Gasteiger partial charge in [-0.05, 0) is 37.5 Å². The number of amides is 1. The summed E-state index contributed by atoms with van der Waals surface area (Å²) >= 11 is 0. The van der Waals surface area contributed by atoms with Gasteiger partial charge in [-0.15, -0.1) is 0 Å². The lowest BCUT2D eigenvalue weighted by atomic mass is 9.81. The third kappa shape index (κ3) is 3.77. The molecule has 1 aliphatic heterocycles. The molecule has 2 aromatic heterocycles. The molecule has 138 valence electrons. The van der Waals surface area contributed by atoms with Crippen LogP contribution in [0.1, 0.15) is 47.5 Å². The van der Waals surface area contributed by atoms with E-state index in [1.54, 1.807) is 12.3 Å². The molecule has 3 aromatic rings. The minimum Gasteiger partial charge on any atom is -0.445 e. The zero-order valence-electron chi connectivity index (χ0n) is 15.5. The SMILES string of the molecule is C[C@]1(c2ncc(Cc3ccccc3)o2)CCCN(C(=O)c2ccccn2)C1. The largest absolute Gasteiger partial charge is 0.445 e. The first-order valence-electron chi connectivity index (χ1n) is 9.33. The quantitative estimate of drug-likeness (QED) is 0.708. The van der Waals surface area contributed by atoms with Gasteiger partial charge in [-0.25, -0.2) is 4.98 Å². The maximum absolute atomic E-state index is 12.8. The minimum absolute atomic E-state index is 0.0300. The molecule has 1 fully saturated rings. The van der Waals surface area contributed by atoms with Gasteiger partial charge in [-0.2, -0.15) is 0 Å². The normalized spacial score (nSPS) is 19.8. The molecule has 1 aliphatic rings. The van der Waals surface area contributed by atoms with E-state index in [0.717, 1.165) is 31.6 Å². The highest BCUT2D eigenvalue weighted by Gasteiger charge is 2.38. The van der Waals surface area contributed by atoms with Crippen LogP contribution in [0.4, 0.5) is 0 Å². The van der Waals surface area contributed by atoms with Crippen LogP contribution in [0.15, 0.2) is 65.3 Å². The number of benzene rings is 1. The van der Waals surface area contributed by atoms with Crippen LogP contribution in [0.5, 0.6) is 0 Å². The molecule has 5 heteroatoms. The summed E-state index contributed by atoms with van der Waals surface area (Å²) in [6, 6.07) is 15.6. The molecule has 1 amide bonds. The Morgan fingerprint density at radius 1 is 1.15 bits per heavy atom. The standard InChI is InChI=1S/C22H23N3O2/c1-22(21-24-15-18(27-21)14-17-8-3-2-4-9-17)11-7-13-25(16-22)20(26)19-10-5-6-12-23-19/h2-6,8-10,12,15H,7,11,13-14,16H2,1H3/t22-/m0/s1. The number of likely N-dealkylation sites (tertiary alicyclic amines) is 1. The van der Waals surface area contributed by atoms with Crippen LogP contribution < -0.4 is 0 Å². The number of rotatable bonds is 4. The van der Waals surface area contributed by atoms with Gasteiger partial charge in [-0.1, -0.05) is 36.4 Å². The Bertz CT molecular complexity index is 908. The van der Waals surface area contributed by atoms with Gasteiger partial charge < -0.3 is 9.32 Å². The highest BCUT2D eigenvalue weighted by atomic mass is 16.4. The third-order valence-corrected chi connectivity index (χ3v) is 5.16. The molecule has 0 radical (unpaired) electrons. The van der Waals surface area contributed by atoms with Gasteiger partial charge >= 0.3 is 0 Å². The van der Waals surface area contributed by atoms with Gasteiger partial charge in [0.25, 0.3) is 5.91 Å². The second-order valence-electron chi connectivity index (χ2n) is 7.40. The van der Waals surface area contributed by atoms with Crippen LogP contribution in [0.25, 0.3) is 0 Å². The number of hydrogen-bond donors (Lipinski definition) is 0. The van der Waals surface area contributed by atoms with E-state index in [9.17, 15) is 4.79 Å². The number of nitrogens with zero attached hydrogens (tertiary/aromatic N) is 3. The van der Waals surface area contributed by atoms with Gasteiger partial charge in [0.2, 0.25) is 5.89 Å². The summed E-state index contributed by atoms with van der Waals surface area (Å²) in [6.45, 7) is 3.46. The zero-order valence-corrected chi connectivity index (χ0v) is 15.5. The van der Waals surface area contributed by atoms with Crippen molar-refractivity contribution in [2.24, 2.45) is 0 Å². The molecule has 0 spiro atoms. The molecule has 0 bridgehead atoms. The van der Waals surface area contributed by atoms with Crippen LogP contribution in [-0.4, -0.2) is 33.9 Å². The number of aromatic nitrogens is 2. The number of piperidine rings is 1. The van der Waals surface area contributed by atoms with Crippen molar-refractivity contribution < 1.29 is 9.21 Å². The highest BCUT2D eigenvalue weighted by Crippen LogP contribution is 2.34. The number of oxazole rings is 1. The van der Waals surface area contributed by atoms with Crippen molar-refractivity contribution in [2.45, 2.75) is 31.6 Å². The van der Waals surface area contributed by atoms with Gasteiger partial charge in [0, 0.05) is 25.7 Å². The van der Waals surface area contributed by atoms with E-state index in [4.69, 9.17) is 4.42 Å². The van der Waals surface area contributed by atoms with E-state index in [-0.39, 0.29) is 11.3 Å². The molecule has 1 atom stereocenters. The summed E-state index contributed by atoms with van der Waals surface area (Å²) in [5.41, 5.74) is 1.40. The van der Waals surface area contributed by atoms with Crippen molar-refractivity contribution in [1.82, 2.24) is 14.9 Å². The Morgan fingerprint density at radius 2 is 1.96 bits per heavy atom. The molecule has 1 saturated heterocycles. The van der Waals surface area contributed by atoms with Crippen molar-refractivity contribution in [1.29, 1.82) is 0 Å². The smallest absolute Gasteiger partial charge is 0.272 e. The molecule has 0 saturated carbocycles. The maximum Gasteiger partial charge on any atom is 0.272 e. The fourth-order valence-corrected chi connectivity index (χ4v) is 3.70. The first-order chi connectivity index (χ1) is 13.1. The minimum atomic E-state index is -0.280. The van der Waals surface area contributed by atoms with Crippen molar-refractivity contribution >= 4 is 5.91 Å². The Morgan fingerprint density at radius 3 is 2.74 bits per heavy atom. The van der Waals surface area contributed by atoms with Crippen molar-refractivity contribution in [3.63, 3.8) is 0 Å². The molecule has 27 heavy (non-hydrogen) atoms. The molecule has 0 N–H and O–H groups in total. The van der Waals surface area contributed by atoms with Crippen LogP contribution >= 0.6 is 0 Å². The van der Waals surface area contributed by atoms with E-state index < -0.39 is 0 Å². The summed E-state index contributed by atoms with van der Waals surface area (Å²) < 4.78 is 6.10. The molecular weight excluding hydrogens is 338 g/mol. The fraction of sp³-hybridized carbons (Fsp3) is 0.318. The van der Waals surface area contributed by atoms with Crippen molar-refractivity contribution in [3.8, 4) is 0 Å². The second-order valence-corrected chi connectivity index (χ2v) is 7.40. The number of pyridine rings is 1. The average Bonchev–Trinajstić information content (AvgIpc) is 3.18. The molecule has 4 rings (SSSR count). The van der Waals surface area contributed by atoms with E-state index >= 15 is 0 Å². The summed E-state index contributed by atoms with van der Waals surface area (Å²) in [7, 11) is 0. The van der Waals surface area contributed by atoms with Crippen LogP contribution in [0.2, 0.25) is 0 Å². The average molecular weight is 361 g/mol. The lowest BCUT2D eigenvalue weighted by Crippen LogP contribution is -2.47. The Labute approximate surface area is 159 Å². The molecule has 1 aromatic carbocycles. The van der Waals surface area contributed by atoms with E-state index in [1.807, 2.05) is 41.4 Å². The maximum atomic E-state index is 12.8. The van der Waals surface area contributed by atoms with Gasteiger partial charge in [0.1, 0.15) is 11.5 Å². The summed E-state index contributed by atoms with van der Waals surface area (Å²) in [5, 5.41) is 0. The second kappa shape index (κ2) is 7.35. The molecular formula is C22H23N3O2. The highest BCUT2D eigenvalue weighted by molar-refractivity contribution is 5.92. The lowest BCUT2D eigenvalue weighted by Gasteiger charge is -2.38. The number of carbonyl (C=O) groups is 1. The predicted molar refractivity (Wildman–Crippen MR) is 102 cm³/mol. The Hall–Kier alpha value is -2.95. The number of carbonyl (C=O) groups excluding carboxylic acids is 1. The molecule has 3 heterocycles. The van der Waals surface area contributed by atoms with E-state index in [1.165, 1.54) is 5.56 Å². The van der Waals surface area contributed by atoms with Crippen molar-refractivity contribution in [2.75, 3.05) is 13.1 Å². The summed E-state index contributed by atoms with van der Waals surface area (Å²) in [5.74, 6) is 1.54. The Balaban J connectivity index is 1.50. The zero-order chi connectivity index (χ0) is 18.7. The van der Waals surface area contributed by atoms with Crippen LogP contribution in [-0.2, 0) is 11.8 Å². The first kappa shape index (κ1) is 17.5. The van der Waals surface area contributed by atoms with Crippen LogP contribution in [0, 0.1) is 0 Å². The monoisotopic (exact) mass is 361 g/mol. The first-order valence-corrected chi connectivity index (χ1v) is 9.33. The topological polar surface area (TPSA) is 59.2 Å². The van der Waals surface area contributed by atoms with E-state index in [0.29, 0.717) is 18.1 Å². The number of hydrogen-bond acceptors (Lipinski definition) is 4. The lowest BCUT2D eigenvalue weighted by molar-refractivity contribution is 0.0620. The molecule has 0 aliphatic carbocycles. The molecule has 0 unspecified atom stereocenters. The fourth-order valence-electron chi connectivity index (χ4n) is 3.70. The summed E-state index contributed by atoms with van der Waals surface area (Å²) in [4.78, 5) is 23.4. The van der Waals surface area contributed by atoms with Gasteiger partial charge in [0.05, 0.1) is 11.6 Å². The van der Waals surface area contributed by atoms with E-state index in [2.05, 4.69) is 29.0 Å². The van der Waals surface area contributed by atoms with Gasteiger partial charge in [0.15, 0.2) is 0 Å². The third-order valence-electron chi connectivity index (χ3n) is 5.16.